The van der Waals surface area contributed by atoms with Gasteiger partial charge in [0.25, 0.3) is 0 Å². The Kier molecular flexibility index (Phi) is 5.64. The summed E-state index contributed by atoms with van der Waals surface area (Å²) in [6, 6.07) is 1.15. The highest BCUT2D eigenvalue weighted by atomic mass is 16.2. The Morgan fingerprint density at radius 3 is 2.74 bits per heavy atom. The van der Waals surface area contributed by atoms with Crippen LogP contribution in [-0.2, 0) is 4.79 Å². The molecule has 4 heteroatoms. The number of likely N-dealkylation sites (tertiary alicyclic amines) is 1. The van der Waals surface area contributed by atoms with Crippen LogP contribution in [-0.4, -0.2) is 61.0 Å². The van der Waals surface area contributed by atoms with Crippen LogP contribution in [0.2, 0.25) is 0 Å². The zero-order valence-corrected chi connectivity index (χ0v) is 12.5. The predicted octanol–water partition coefficient (Wildman–Crippen LogP) is 1.46. The maximum Gasteiger partial charge on any atom is 0.236 e. The largest absolute Gasteiger partial charge is 0.339 e. The van der Waals surface area contributed by atoms with Gasteiger partial charge in [-0.15, -0.1) is 0 Å². The number of nitrogens with zero attached hydrogens (tertiary/aromatic N) is 2. The molecule has 0 bridgehead atoms. The first-order valence-electron chi connectivity index (χ1n) is 7.94. The van der Waals surface area contributed by atoms with E-state index < -0.39 is 0 Å². The van der Waals surface area contributed by atoms with Crippen LogP contribution in [0.25, 0.3) is 0 Å². The highest BCUT2D eigenvalue weighted by Gasteiger charge is 2.33. The molecule has 1 aliphatic carbocycles. The Labute approximate surface area is 117 Å². The quantitative estimate of drug-likeness (QED) is 0.758. The molecule has 4 nitrogen and oxygen atoms in total. The Balaban J connectivity index is 1.85. The second kappa shape index (κ2) is 7.25. The molecule has 0 aromatic rings. The van der Waals surface area contributed by atoms with E-state index in [0.717, 1.165) is 19.6 Å². The number of hydrogen-bond acceptors (Lipinski definition) is 3. The standard InChI is InChI=1S/C15H29N3O/c1-3-18(14-7-8-14)15(19)12-17-11-5-4-6-13(17)9-10-16-2/h13-14,16H,3-12H2,1-2H3. The van der Waals surface area contributed by atoms with Gasteiger partial charge in [0.1, 0.15) is 0 Å². The first-order chi connectivity index (χ1) is 9.26. The molecule has 110 valence electrons. The molecule has 1 atom stereocenters. The van der Waals surface area contributed by atoms with Crippen molar-refractivity contribution in [2.24, 2.45) is 0 Å². The molecule has 0 aromatic carbocycles. The van der Waals surface area contributed by atoms with Crippen LogP contribution in [0.5, 0.6) is 0 Å². The Hall–Kier alpha value is -0.610. The van der Waals surface area contributed by atoms with Gasteiger partial charge in [0.15, 0.2) is 0 Å². The van der Waals surface area contributed by atoms with Gasteiger partial charge in [0.05, 0.1) is 6.54 Å². The maximum atomic E-state index is 12.4. The number of carbonyl (C=O) groups is 1. The molecule has 1 heterocycles. The van der Waals surface area contributed by atoms with E-state index >= 15 is 0 Å². The fraction of sp³-hybridized carbons (Fsp3) is 0.933. The molecule has 1 unspecified atom stereocenters. The van der Waals surface area contributed by atoms with Crippen molar-refractivity contribution in [3.63, 3.8) is 0 Å². The lowest BCUT2D eigenvalue weighted by atomic mass is 9.99. The highest BCUT2D eigenvalue weighted by Crippen LogP contribution is 2.27. The molecular weight excluding hydrogens is 238 g/mol. The van der Waals surface area contributed by atoms with E-state index in [2.05, 4.69) is 22.0 Å². The van der Waals surface area contributed by atoms with Crippen molar-refractivity contribution >= 4 is 5.91 Å². The van der Waals surface area contributed by atoms with Crippen molar-refractivity contribution in [1.29, 1.82) is 0 Å². The topological polar surface area (TPSA) is 35.6 Å². The summed E-state index contributed by atoms with van der Waals surface area (Å²) in [5, 5.41) is 3.23. The summed E-state index contributed by atoms with van der Waals surface area (Å²) in [5.41, 5.74) is 0. The van der Waals surface area contributed by atoms with Crippen LogP contribution >= 0.6 is 0 Å². The molecule has 2 rings (SSSR count). The third-order valence-electron chi connectivity index (χ3n) is 4.46. The molecular formula is C15H29N3O. The van der Waals surface area contributed by atoms with Gasteiger partial charge in [0, 0.05) is 18.6 Å². The molecule has 2 fully saturated rings. The number of rotatable bonds is 7. The second-order valence-electron chi connectivity index (χ2n) is 5.92. The average Bonchev–Trinajstić information content (AvgIpc) is 3.23. The normalized spacial score (nSPS) is 24.4. The summed E-state index contributed by atoms with van der Waals surface area (Å²) < 4.78 is 0. The SMILES string of the molecule is CCN(C(=O)CN1CCCCC1CCNC)C1CC1. The van der Waals surface area contributed by atoms with E-state index in [4.69, 9.17) is 0 Å². The van der Waals surface area contributed by atoms with Crippen molar-refractivity contribution < 1.29 is 4.79 Å². The third kappa shape index (κ3) is 4.18. The summed E-state index contributed by atoms with van der Waals surface area (Å²) in [5.74, 6) is 0.348. The number of likely N-dealkylation sites (N-methyl/N-ethyl adjacent to an activating group) is 1. The lowest BCUT2D eigenvalue weighted by molar-refractivity contribution is -0.133. The van der Waals surface area contributed by atoms with Crippen molar-refractivity contribution in [2.75, 3.05) is 33.2 Å². The van der Waals surface area contributed by atoms with E-state index in [-0.39, 0.29) is 0 Å². The van der Waals surface area contributed by atoms with E-state index in [9.17, 15) is 4.79 Å². The van der Waals surface area contributed by atoms with E-state index in [1.54, 1.807) is 0 Å². The molecule has 0 aromatic heterocycles. The van der Waals surface area contributed by atoms with Crippen LogP contribution in [0.3, 0.4) is 0 Å². The fourth-order valence-corrected chi connectivity index (χ4v) is 3.19. The third-order valence-corrected chi connectivity index (χ3v) is 4.46. The first-order valence-corrected chi connectivity index (χ1v) is 7.94. The Morgan fingerprint density at radius 1 is 1.32 bits per heavy atom. The van der Waals surface area contributed by atoms with Crippen LogP contribution in [0.15, 0.2) is 0 Å². The number of amides is 1. The molecule has 0 spiro atoms. The van der Waals surface area contributed by atoms with Crippen molar-refractivity contribution in [3.05, 3.63) is 0 Å². The molecule has 19 heavy (non-hydrogen) atoms. The van der Waals surface area contributed by atoms with Gasteiger partial charge in [-0.1, -0.05) is 6.42 Å². The minimum Gasteiger partial charge on any atom is -0.339 e. The van der Waals surface area contributed by atoms with Gasteiger partial charge in [-0.2, -0.15) is 0 Å². The number of carbonyl (C=O) groups excluding carboxylic acids is 1. The smallest absolute Gasteiger partial charge is 0.236 e. The zero-order chi connectivity index (χ0) is 13.7. The van der Waals surface area contributed by atoms with E-state index in [1.165, 1.54) is 38.5 Å². The molecule has 0 radical (unpaired) electrons. The Morgan fingerprint density at radius 2 is 2.11 bits per heavy atom. The average molecular weight is 267 g/mol. The minimum absolute atomic E-state index is 0.348. The molecule has 1 aliphatic heterocycles. The first kappa shape index (κ1) is 14.8. The van der Waals surface area contributed by atoms with Crippen molar-refractivity contribution in [2.45, 2.75) is 57.5 Å². The van der Waals surface area contributed by atoms with Crippen LogP contribution in [0.1, 0.15) is 45.4 Å². The summed E-state index contributed by atoms with van der Waals surface area (Å²) in [6.45, 7) is 5.76. The lowest BCUT2D eigenvalue weighted by Crippen LogP contribution is -2.48. The zero-order valence-electron chi connectivity index (χ0n) is 12.5. The summed E-state index contributed by atoms with van der Waals surface area (Å²) in [4.78, 5) is 16.9. The summed E-state index contributed by atoms with van der Waals surface area (Å²) >= 11 is 0. The highest BCUT2D eigenvalue weighted by molar-refractivity contribution is 5.79. The van der Waals surface area contributed by atoms with Gasteiger partial charge >= 0.3 is 0 Å². The Bertz CT molecular complexity index is 291. The number of hydrogen-bond donors (Lipinski definition) is 1. The van der Waals surface area contributed by atoms with Gasteiger partial charge in [-0.3, -0.25) is 9.69 Å². The molecule has 1 amide bonds. The molecule has 2 aliphatic rings. The van der Waals surface area contributed by atoms with Gasteiger partial charge in [-0.25, -0.2) is 0 Å². The number of nitrogens with one attached hydrogen (secondary N) is 1. The van der Waals surface area contributed by atoms with Crippen molar-refractivity contribution in [3.8, 4) is 0 Å². The van der Waals surface area contributed by atoms with Gasteiger partial charge < -0.3 is 10.2 Å². The lowest BCUT2D eigenvalue weighted by Gasteiger charge is -2.36. The predicted molar refractivity (Wildman–Crippen MR) is 78.2 cm³/mol. The monoisotopic (exact) mass is 267 g/mol. The summed E-state index contributed by atoms with van der Waals surface area (Å²) in [6.07, 6.45) is 7.41. The number of piperidine rings is 1. The van der Waals surface area contributed by atoms with Crippen molar-refractivity contribution in [1.82, 2.24) is 15.1 Å². The van der Waals surface area contributed by atoms with Crippen LogP contribution in [0.4, 0.5) is 0 Å². The van der Waals surface area contributed by atoms with Gasteiger partial charge in [-0.05, 0) is 59.2 Å². The maximum absolute atomic E-state index is 12.4. The molecule has 1 saturated heterocycles. The van der Waals surface area contributed by atoms with Crippen LogP contribution in [0, 0.1) is 0 Å². The molecule has 1 N–H and O–H groups in total. The summed E-state index contributed by atoms with van der Waals surface area (Å²) in [7, 11) is 2.00. The molecule has 1 saturated carbocycles. The van der Waals surface area contributed by atoms with E-state index in [1.807, 2.05) is 7.05 Å². The minimum atomic E-state index is 0.348. The second-order valence-corrected chi connectivity index (χ2v) is 5.92. The van der Waals surface area contributed by atoms with E-state index in [0.29, 0.717) is 24.5 Å². The fourth-order valence-electron chi connectivity index (χ4n) is 3.19. The van der Waals surface area contributed by atoms with Crippen LogP contribution < -0.4 is 5.32 Å². The van der Waals surface area contributed by atoms with Gasteiger partial charge in [0.2, 0.25) is 5.91 Å².